The molecule has 0 rings (SSSR count). The van der Waals surface area contributed by atoms with Crippen LogP contribution in [0, 0.1) is 11.8 Å². The molecule has 0 aromatic carbocycles. The van der Waals surface area contributed by atoms with Crippen molar-refractivity contribution in [1.29, 1.82) is 0 Å². The molecule has 0 heteroatoms. The molecule has 0 aromatic rings. The molecular formula is C14H38. The molecular weight excluding hydrogens is 168 g/mol. The molecule has 94 valence electrons. The van der Waals surface area contributed by atoms with Crippen molar-refractivity contribution < 1.29 is 2.74 Å². The van der Waals surface area contributed by atoms with Gasteiger partial charge in [-0.3, -0.25) is 0 Å². The predicted molar refractivity (Wildman–Crippen MR) is 75.1 cm³/mol. The van der Waals surface area contributed by atoms with Gasteiger partial charge in [0.1, 0.15) is 0 Å². The summed E-state index contributed by atoms with van der Waals surface area (Å²) in [5, 5.41) is 0. The second-order valence-electron chi connectivity index (χ2n) is 4.17. The zero-order chi connectivity index (χ0) is 14.6. The fraction of sp³-hybridized carbons (Fsp3) is 1.00. The third-order valence-corrected chi connectivity index (χ3v) is 0. The van der Waals surface area contributed by atoms with Gasteiger partial charge in [0.25, 0.3) is 0 Å². The van der Waals surface area contributed by atoms with Crippen molar-refractivity contribution in [2.75, 3.05) is 0 Å². The Balaban J connectivity index is -0.0000000322. The highest BCUT2D eigenvalue weighted by molar-refractivity contribution is 4.21. The minimum absolute atomic E-state index is 0.500. The molecule has 0 amide bonds. The first kappa shape index (κ1) is 19.6. The Labute approximate surface area is 98.3 Å². The van der Waals surface area contributed by atoms with Crippen LogP contribution >= 0.6 is 0 Å². The van der Waals surface area contributed by atoms with Crippen LogP contribution in [0.15, 0.2) is 0 Å². The predicted octanol–water partition coefficient (Wildman–Crippen LogP) is 6.40. The second-order valence-corrected chi connectivity index (χ2v) is 4.17. The van der Waals surface area contributed by atoms with E-state index in [1.807, 2.05) is 0 Å². The molecule has 0 atom stereocenters. The molecule has 0 unspecified atom stereocenters. The van der Waals surface area contributed by atoms with Crippen molar-refractivity contribution in [2.24, 2.45) is 11.8 Å². The van der Waals surface area contributed by atoms with Crippen LogP contribution in [0.2, 0.25) is 0 Å². The van der Waals surface area contributed by atoms with E-state index < -0.39 is 0 Å². The van der Waals surface area contributed by atoms with E-state index in [-0.39, 0.29) is 0 Å². The van der Waals surface area contributed by atoms with Crippen LogP contribution in [0.4, 0.5) is 0 Å². The fourth-order valence-corrected chi connectivity index (χ4v) is 0. The van der Waals surface area contributed by atoms with Crippen LogP contribution in [0.25, 0.3) is 0 Å². The highest BCUT2D eigenvalue weighted by Crippen LogP contribution is 1.81. The van der Waals surface area contributed by atoms with Gasteiger partial charge in [0.2, 0.25) is 0 Å². The highest BCUT2D eigenvalue weighted by atomic mass is 13.7. The van der Waals surface area contributed by atoms with Crippen LogP contribution in [-0.2, 0) is 0 Å². The van der Waals surface area contributed by atoms with Crippen molar-refractivity contribution in [3.05, 3.63) is 0 Å². The Morgan fingerprint density at radius 3 is 1.00 bits per heavy atom. The molecule has 0 saturated heterocycles. The highest BCUT2D eigenvalue weighted by Gasteiger charge is 1.68. The molecule has 0 spiro atoms. The molecule has 0 bridgehead atoms. The van der Waals surface area contributed by atoms with Crippen molar-refractivity contribution in [2.45, 2.75) is 83.0 Å². The first-order valence-corrected chi connectivity index (χ1v) is 5.59. The quantitative estimate of drug-likeness (QED) is 0.433. The minimum atomic E-state index is 0.500. The largest absolute Gasteiger partial charge is 0.0776 e. The monoisotopic (exact) mass is 209 g/mol. The average molecular weight is 209 g/mol. The molecule has 0 nitrogen and oxygen atoms in total. The van der Waals surface area contributed by atoms with Gasteiger partial charge in [-0.2, -0.15) is 0 Å². The van der Waals surface area contributed by atoms with Gasteiger partial charge in [-0.05, 0) is 11.8 Å². The van der Waals surface area contributed by atoms with E-state index in [0.717, 1.165) is 11.8 Å². The summed E-state index contributed by atoms with van der Waals surface area (Å²) >= 11 is 0. The lowest BCUT2D eigenvalue weighted by atomic mass is 10.3. The number of rotatable bonds is 0. The number of hydrogen-bond donors (Lipinski definition) is 0. The third kappa shape index (κ3) is 0. The lowest BCUT2D eigenvalue weighted by Gasteiger charge is -1.79. The zero-order valence-corrected chi connectivity index (χ0v) is 12.6. The van der Waals surface area contributed by atoms with Crippen molar-refractivity contribution in [3.63, 3.8) is 0 Å². The molecule has 0 aliphatic carbocycles. The Morgan fingerprint density at radius 2 is 1.00 bits per heavy atom. The molecule has 0 fully saturated rings. The molecule has 14 heavy (non-hydrogen) atoms. The van der Waals surface area contributed by atoms with Crippen molar-refractivity contribution in [1.82, 2.24) is 0 Å². The fourth-order valence-electron chi connectivity index (χ4n) is 0. The lowest BCUT2D eigenvalue weighted by molar-refractivity contribution is 0.736. The van der Waals surface area contributed by atoms with Gasteiger partial charge in [-0.25, -0.2) is 0 Å². The van der Waals surface area contributed by atoms with E-state index in [4.69, 9.17) is 2.74 Å². The lowest BCUT2D eigenvalue weighted by Crippen LogP contribution is -1.66. The molecule has 0 aliphatic rings. The molecule has 0 N–H and O–H groups in total. The topological polar surface area (TPSA) is 0 Å². The summed E-state index contributed by atoms with van der Waals surface area (Å²) in [6.07, 6.45) is 1.25. The molecule has 0 aliphatic heterocycles. The van der Waals surface area contributed by atoms with Crippen LogP contribution in [0.5, 0.6) is 0 Å². The SMILES string of the molecule is CC(C)C.CC(C)C.CCC.[2H]C.[3H]CC. The summed E-state index contributed by atoms with van der Waals surface area (Å²) in [5.41, 5.74) is 0. The summed E-state index contributed by atoms with van der Waals surface area (Å²) in [5.74, 6) is 1.67. The van der Waals surface area contributed by atoms with E-state index in [0.29, 0.717) is 6.90 Å². The molecule has 0 aromatic heterocycles. The van der Waals surface area contributed by atoms with E-state index in [9.17, 15) is 0 Å². The maximum Gasteiger partial charge on any atom is 0.0228 e. The van der Waals surface area contributed by atoms with E-state index >= 15 is 0 Å². The van der Waals surface area contributed by atoms with Crippen LogP contribution < -0.4 is 0 Å². The number of hydrogen-bond acceptors (Lipinski definition) is 0. The van der Waals surface area contributed by atoms with E-state index in [2.05, 4.69) is 55.4 Å². The first-order chi connectivity index (χ1) is 7.29. The maximum atomic E-state index is 6.21. The first-order valence-electron chi connectivity index (χ1n) is 7.29. The van der Waals surface area contributed by atoms with E-state index in [1.165, 1.54) is 13.8 Å². The Bertz CT molecular complexity index is 39.2. The summed E-state index contributed by atoms with van der Waals surface area (Å²) in [4.78, 5) is 0. The van der Waals surface area contributed by atoms with E-state index in [1.54, 1.807) is 6.92 Å². The average Bonchev–Trinajstić information content (AvgIpc) is 2.07. The Morgan fingerprint density at radius 1 is 1.00 bits per heavy atom. The van der Waals surface area contributed by atoms with Gasteiger partial charge in [-0.1, -0.05) is 83.0 Å². The smallest absolute Gasteiger partial charge is 0.0228 e. The minimum Gasteiger partial charge on any atom is -0.0776 e. The summed E-state index contributed by atoms with van der Waals surface area (Å²) in [7, 11) is 1.25. The summed E-state index contributed by atoms with van der Waals surface area (Å²) < 4.78 is 12.0. The van der Waals surface area contributed by atoms with Gasteiger partial charge in [0.05, 0.1) is 0 Å². The normalized spacial score (nSPS) is 8.29. The van der Waals surface area contributed by atoms with Gasteiger partial charge >= 0.3 is 0 Å². The molecule has 0 radical (unpaired) electrons. The van der Waals surface area contributed by atoms with Crippen LogP contribution in [0.1, 0.15) is 85.8 Å². The van der Waals surface area contributed by atoms with Gasteiger partial charge < -0.3 is 0 Å². The van der Waals surface area contributed by atoms with Gasteiger partial charge in [0.15, 0.2) is 0 Å². The second kappa shape index (κ2) is 38.2. The van der Waals surface area contributed by atoms with Gasteiger partial charge in [-0.15, -0.1) is 0 Å². The van der Waals surface area contributed by atoms with Crippen LogP contribution in [0.3, 0.4) is 0 Å². The Kier molecular flexibility index (Phi) is 53.4. The molecule has 0 saturated carbocycles. The third-order valence-electron chi connectivity index (χ3n) is 0. The molecule has 0 heterocycles. The zero-order valence-electron chi connectivity index (χ0n) is 14.6. The maximum absolute atomic E-state index is 6.21. The van der Waals surface area contributed by atoms with Gasteiger partial charge in [0, 0.05) is 2.74 Å². The summed E-state index contributed by atoms with van der Waals surface area (Å²) in [6.45, 7) is 19.5. The Hall–Kier alpha value is 0. The standard InChI is InChI=1S/2C4H10.C3H8.C2H6.CH4/c2*1-4(2)3;1-3-2;1-2;/h2*4H,1-3H3;3H2,1-2H3;1-2H3;1H4/i;;;1T;1D. The van der Waals surface area contributed by atoms with Crippen molar-refractivity contribution >= 4 is 0 Å². The van der Waals surface area contributed by atoms with Crippen molar-refractivity contribution in [3.8, 4) is 0 Å². The summed E-state index contributed by atoms with van der Waals surface area (Å²) in [6, 6.07) is 0. The van der Waals surface area contributed by atoms with Crippen LogP contribution in [-0.4, -0.2) is 0 Å².